The molecule has 4 heteroatoms. The Kier molecular flexibility index (Phi) is 3.54. The maximum atomic E-state index is 6.06. The molecule has 1 fully saturated rings. The summed E-state index contributed by atoms with van der Waals surface area (Å²) < 4.78 is 17.3. The molecule has 0 N–H and O–H groups in total. The van der Waals surface area contributed by atoms with Crippen molar-refractivity contribution in [3.8, 4) is 0 Å². The molecule has 98 valence electrons. The lowest BCUT2D eigenvalue weighted by Crippen LogP contribution is -2.41. The normalized spacial score (nSPS) is 21.3. The Labute approximate surface area is 110 Å². The van der Waals surface area contributed by atoms with E-state index in [1.165, 1.54) is 0 Å². The number of rotatable bonds is 3. The van der Waals surface area contributed by atoms with Gasteiger partial charge in [0.1, 0.15) is 0 Å². The van der Waals surface area contributed by atoms with Crippen molar-refractivity contribution in [1.82, 2.24) is 0 Å². The number of hydrogen-bond acceptors (Lipinski definition) is 3. The minimum absolute atomic E-state index is 0.308. The van der Waals surface area contributed by atoms with E-state index in [4.69, 9.17) is 14.0 Å². The molecule has 1 aromatic carbocycles. The molecular formula is C14H21BO3. The molecule has 18 heavy (non-hydrogen) atoms. The highest BCUT2D eigenvalue weighted by Gasteiger charge is 2.52. The van der Waals surface area contributed by atoms with Crippen LogP contribution in [0.2, 0.25) is 0 Å². The van der Waals surface area contributed by atoms with Gasteiger partial charge in [-0.3, -0.25) is 0 Å². The molecule has 0 spiro atoms. The van der Waals surface area contributed by atoms with Crippen LogP contribution in [0, 0.1) is 0 Å². The first-order chi connectivity index (χ1) is 8.37. The highest BCUT2D eigenvalue weighted by atomic mass is 16.7. The molecule has 0 aromatic heterocycles. The van der Waals surface area contributed by atoms with E-state index in [2.05, 4.69) is 27.7 Å². The highest BCUT2D eigenvalue weighted by Crippen LogP contribution is 2.36. The fourth-order valence-electron chi connectivity index (χ4n) is 2.02. The third-order valence-electron chi connectivity index (χ3n) is 3.86. The van der Waals surface area contributed by atoms with Crippen LogP contribution in [0.25, 0.3) is 0 Å². The van der Waals surface area contributed by atoms with Crippen molar-refractivity contribution in [2.45, 2.75) is 45.5 Å². The summed E-state index contributed by atoms with van der Waals surface area (Å²) in [6.45, 7) is 8.82. The smallest absolute Gasteiger partial charge is 0.399 e. The van der Waals surface area contributed by atoms with Crippen molar-refractivity contribution in [3.05, 3.63) is 29.8 Å². The van der Waals surface area contributed by atoms with E-state index >= 15 is 0 Å². The number of benzene rings is 1. The first kappa shape index (κ1) is 13.6. The van der Waals surface area contributed by atoms with Gasteiger partial charge >= 0.3 is 7.12 Å². The quantitative estimate of drug-likeness (QED) is 0.767. The van der Waals surface area contributed by atoms with Crippen molar-refractivity contribution in [1.29, 1.82) is 0 Å². The van der Waals surface area contributed by atoms with E-state index < -0.39 is 0 Å². The second kappa shape index (κ2) is 4.69. The lowest BCUT2D eigenvalue weighted by molar-refractivity contribution is 0.00578. The predicted octanol–water partition coefficient (Wildman–Crippen LogP) is 2.13. The fraction of sp³-hybridized carbons (Fsp3) is 0.571. The zero-order valence-corrected chi connectivity index (χ0v) is 11.8. The van der Waals surface area contributed by atoms with Gasteiger partial charge < -0.3 is 14.0 Å². The Hall–Kier alpha value is -0.835. The summed E-state index contributed by atoms with van der Waals surface area (Å²) in [6.07, 6.45) is 0. The van der Waals surface area contributed by atoms with Crippen molar-refractivity contribution >= 4 is 12.6 Å². The monoisotopic (exact) mass is 248 g/mol. The molecule has 0 amide bonds. The van der Waals surface area contributed by atoms with Crippen LogP contribution in [0.4, 0.5) is 0 Å². The Morgan fingerprint density at radius 2 is 1.61 bits per heavy atom. The van der Waals surface area contributed by atoms with Gasteiger partial charge in [-0.25, -0.2) is 0 Å². The average molecular weight is 248 g/mol. The van der Waals surface area contributed by atoms with E-state index in [9.17, 15) is 0 Å². The van der Waals surface area contributed by atoms with Crippen LogP contribution in [0.15, 0.2) is 24.3 Å². The van der Waals surface area contributed by atoms with Crippen molar-refractivity contribution in [2.75, 3.05) is 7.11 Å². The predicted molar refractivity (Wildman–Crippen MR) is 72.9 cm³/mol. The fourth-order valence-corrected chi connectivity index (χ4v) is 2.02. The topological polar surface area (TPSA) is 27.7 Å². The molecule has 0 aliphatic carbocycles. The number of ether oxygens (including phenoxy) is 1. The third kappa shape index (κ3) is 2.33. The van der Waals surface area contributed by atoms with Gasteiger partial charge in [-0.05, 0) is 38.7 Å². The summed E-state index contributed by atoms with van der Waals surface area (Å²) in [4.78, 5) is 0. The van der Waals surface area contributed by atoms with Gasteiger partial charge in [0.15, 0.2) is 0 Å². The zero-order chi connectivity index (χ0) is 13.4. The van der Waals surface area contributed by atoms with Crippen LogP contribution in [-0.4, -0.2) is 25.4 Å². The summed E-state index contributed by atoms with van der Waals surface area (Å²) in [6, 6.07) is 8.09. The lowest BCUT2D eigenvalue weighted by atomic mass is 9.76. The van der Waals surface area contributed by atoms with Gasteiger partial charge in [0.2, 0.25) is 0 Å². The first-order valence-corrected chi connectivity index (χ1v) is 6.30. The van der Waals surface area contributed by atoms with E-state index in [1.54, 1.807) is 7.11 Å². The molecule has 1 aromatic rings. The summed E-state index contributed by atoms with van der Waals surface area (Å²) in [5.74, 6) is 0. The Morgan fingerprint density at radius 3 is 2.17 bits per heavy atom. The molecule has 0 bridgehead atoms. The number of hydrogen-bond donors (Lipinski definition) is 0. The maximum Gasteiger partial charge on any atom is 0.495 e. The molecule has 1 aliphatic rings. The molecule has 1 aliphatic heterocycles. The van der Waals surface area contributed by atoms with Gasteiger partial charge in [0.25, 0.3) is 0 Å². The summed E-state index contributed by atoms with van der Waals surface area (Å²) in [7, 11) is 1.38. The van der Waals surface area contributed by atoms with E-state index in [-0.39, 0.29) is 18.3 Å². The van der Waals surface area contributed by atoms with Crippen LogP contribution >= 0.6 is 0 Å². The van der Waals surface area contributed by atoms with E-state index in [1.807, 2.05) is 24.3 Å². The van der Waals surface area contributed by atoms with Gasteiger partial charge in [-0.15, -0.1) is 0 Å². The zero-order valence-electron chi connectivity index (χ0n) is 11.8. The molecule has 1 saturated heterocycles. The molecule has 0 radical (unpaired) electrons. The summed E-state index contributed by atoms with van der Waals surface area (Å²) in [5.41, 5.74) is 1.55. The molecule has 1 heterocycles. The van der Waals surface area contributed by atoms with Crippen molar-refractivity contribution in [2.24, 2.45) is 0 Å². The molecule has 0 saturated carbocycles. The molecule has 0 atom stereocenters. The van der Waals surface area contributed by atoms with E-state index in [0.29, 0.717) is 6.61 Å². The first-order valence-electron chi connectivity index (χ1n) is 6.30. The largest absolute Gasteiger partial charge is 0.495 e. The summed E-state index contributed by atoms with van der Waals surface area (Å²) >= 11 is 0. The molecule has 0 unspecified atom stereocenters. The minimum Gasteiger partial charge on any atom is -0.399 e. The van der Waals surface area contributed by atoms with Gasteiger partial charge in [-0.2, -0.15) is 0 Å². The van der Waals surface area contributed by atoms with Gasteiger partial charge in [-0.1, -0.05) is 24.3 Å². The van der Waals surface area contributed by atoms with E-state index in [0.717, 1.165) is 11.0 Å². The van der Waals surface area contributed by atoms with Gasteiger partial charge in [0, 0.05) is 7.11 Å². The highest BCUT2D eigenvalue weighted by molar-refractivity contribution is 6.62. The number of methoxy groups -OCH3 is 1. The van der Waals surface area contributed by atoms with Crippen LogP contribution < -0.4 is 5.46 Å². The average Bonchev–Trinajstić information content (AvgIpc) is 2.49. The van der Waals surface area contributed by atoms with Crippen LogP contribution in [0.1, 0.15) is 33.3 Å². The molecular weight excluding hydrogens is 227 g/mol. The standard InChI is InChI=1S/C14H21BO3/c1-13(2)14(3,4)18-15(17-13)12-9-7-6-8-11(12)10-16-5/h6-9H,10H2,1-5H3. The van der Waals surface area contributed by atoms with Crippen LogP contribution in [0.3, 0.4) is 0 Å². The second-order valence-electron chi connectivity index (χ2n) is 5.72. The Balaban J connectivity index is 2.29. The summed E-state index contributed by atoms with van der Waals surface area (Å²) in [5, 5.41) is 0. The lowest BCUT2D eigenvalue weighted by Gasteiger charge is -2.32. The van der Waals surface area contributed by atoms with Gasteiger partial charge in [0.05, 0.1) is 17.8 Å². The molecule has 2 rings (SSSR count). The molecule has 3 nitrogen and oxygen atoms in total. The SMILES string of the molecule is COCc1ccccc1B1OC(C)(C)C(C)(C)O1. The third-order valence-corrected chi connectivity index (χ3v) is 3.86. The minimum atomic E-state index is -0.318. The Morgan fingerprint density at radius 1 is 1.06 bits per heavy atom. The van der Waals surface area contributed by atoms with Crippen molar-refractivity contribution < 1.29 is 14.0 Å². The maximum absolute atomic E-state index is 6.06. The Bertz CT molecular complexity index is 413. The van der Waals surface area contributed by atoms with Crippen LogP contribution in [-0.2, 0) is 20.7 Å². The van der Waals surface area contributed by atoms with Crippen molar-refractivity contribution in [3.63, 3.8) is 0 Å². The van der Waals surface area contributed by atoms with Crippen LogP contribution in [0.5, 0.6) is 0 Å². The second-order valence-corrected chi connectivity index (χ2v) is 5.72.